The van der Waals surface area contributed by atoms with Gasteiger partial charge in [-0.1, -0.05) is 30.3 Å². The molecule has 0 saturated carbocycles. The summed E-state index contributed by atoms with van der Waals surface area (Å²) in [4.78, 5) is 28.6. The number of hydrogen-bond acceptors (Lipinski definition) is 5. The van der Waals surface area contributed by atoms with Crippen LogP contribution < -0.4 is 5.32 Å². The van der Waals surface area contributed by atoms with E-state index in [9.17, 15) is 9.59 Å². The molecule has 0 bridgehead atoms. The number of esters is 1. The first-order valence-corrected chi connectivity index (χ1v) is 8.60. The van der Waals surface area contributed by atoms with Crippen LogP contribution in [0.4, 0.5) is 5.69 Å². The van der Waals surface area contributed by atoms with Crippen LogP contribution in [0.3, 0.4) is 0 Å². The van der Waals surface area contributed by atoms with Crippen molar-refractivity contribution >= 4 is 34.5 Å². The van der Waals surface area contributed by atoms with Crippen molar-refractivity contribution in [2.75, 3.05) is 5.32 Å². The minimum Gasteiger partial charge on any atom is -0.449 e. The fraction of sp³-hybridized carbons (Fsp3) is 0.0909. The third-order valence-electron chi connectivity index (χ3n) is 3.98. The number of nitrogens with one attached hydrogen (secondary N) is 1. The van der Waals surface area contributed by atoms with Gasteiger partial charge in [-0.3, -0.25) is 9.78 Å². The second-order valence-corrected chi connectivity index (χ2v) is 6.02. The molecule has 1 N–H and O–H groups in total. The molecule has 1 atom stereocenters. The summed E-state index contributed by atoms with van der Waals surface area (Å²) >= 11 is 0. The monoisotopic (exact) mass is 371 g/mol. The Kier molecular flexibility index (Phi) is 5.78. The molecular weight excluding hydrogens is 354 g/mol. The molecule has 6 nitrogen and oxygen atoms in total. The average Bonchev–Trinajstić information content (AvgIpc) is 2.72. The molecule has 2 aromatic carbocycles. The number of para-hydroxylation sites is 1. The maximum Gasteiger partial charge on any atom is 0.331 e. The van der Waals surface area contributed by atoms with E-state index in [0.29, 0.717) is 11.3 Å². The lowest BCUT2D eigenvalue weighted by Gasteiger charge is -2.12. The number of carbonyl (C=O) groups is 2. The Morgan fingerprint density at radius 2 is 1.96 bits per heavy atom. The highest BCUT2D eigenvalue weighted by molar-refractivity contribution is 5.97. The van der Waals surface area contributed by atoms with Gasteiger partial charge in [0.1, 0.15) is 0 Å². The molecule has 0 aliphatic heterocycles. The summed E-state index contributed by atoms with van der Waals surface area (Å²) in [5.74, 6) is -1.12. The molecule has 1 heterocycles. The van der Waals surface area contributed by atoms with Gasteiger partial charge in [0.05, 0.1) is 17.1 Å². The molecule has 0 saturated heterocycles. The summed E-state index contributed by atoms with van der Waals surface area (Å²) in [7, 11) is 0. The van der Waals surface area contributed by atoms with Crippen molar-refractivity contribution in [3.63, 3.8) is 0 Å². The van der Waals surface area contributed by atoms with Crippen LogP contribution in [-0.2, 0) is 14.3 Å². The van der Waals surface area contributed by atoms with Crippen LogP contribution in [0, 0.1) is 11.3 Å². The molecule has 1 aromatic heterocycles. The first-order chi connectivity index (χ1) is 13.6. The number of anilines is 1. The van der Waals surface area contributed by atoms with Gasteiger partial charge >= 0.3 is 5.97 Å². The molecule has 3 rings (SSSR count). The standard InChI is InChI=1S/C22H17N3O3/c1-15(22(27)25-19-9-2-5-16(13-19)14-23)28-20(26)11-10-18-7-3-6-17-8-4-12-24-21(17)18/h2-13,15H,1H3,(H,25,27). The molecule has 1 amide bonds. The number of carbonyl (C=O) groups excluding carboxylic acids is 2. The van der Waals surface area contributed by atoms with E-state index in [2.05, 4.69) is 10.3 Å². The Hall–Kier alpha value is -3.98. The van der Waals surface area contributed by atoms with Crippen LogP contribution >= 0.6 is 0 Å². The normalized spacial score (nSPS) is 11.7. The predicted octanol–water partition coefficient (Wildman–Crippen LogP) is 3.69. The van der Waals surface area contributed by atoms with Gasteiger partial charge in [0.25, 0.3) is 5.91 Å². The smallest absolute Gasteiger partial charge is 0.331 e. The first-order valence-electron chi connectivity index (χ1n) is 8.60. The number of hydrogen-bond donors (Lipinski definition) is 1. The summed E-state index contributed by atoms with van der Waals surface area (Å²) in [6, 6.07) is 17.9. The Morgan fingerprint density at radius 3 is 2.79 bits per heavy atom. The Bertz CT molecular complexity index is 1090. The molecule has 0 spiro atoms. The number of nitrogens with zero attached hydrogens (tertiary/aromatic N) is 2. The van der Waals surface area contributed by atoms with Gasteiger partial charge in [-0.15, -0.1) is 0 Å². The maximum atomic E-state index is 12.2. The van der Waals surface area contributed by atoms with Gasteiger partial charge in [0.15, 0.2) is 6.10 Å². The van der Waals surface area contributed by atoms with E-state index in [1.165, 1.54) is 13.0 Å². The van der Waals surface area contributed by atoms with Crippen LogP contribution in [0.2, 0.25) is 0 Å². The highest BCUT2D eigenvalue weighted by atomic mass is 16.5. The minimum atomic E-state index is -0.992. The van der Waals surface area contributed by atoms with Crippen LogP contribution in [0.5, 0.6) is 0 Å². The molecule has 0 aliphatic rings. The van der Waals surface area contributed by atoms with Crippen LogP contribution in [0.25, 0.3) is 17.0 Å². The molecular formula is C22H17N3O3. The molecule has 6 heteroatoms. The largest absolute Gasteiger partial charge is 0.449 e. The topological polar surface area (TPSA) is 92.1 Å². The highest BCUT2D eigenvalue weighted by Crippen LogP contribution is 2.17. The third-order valence-corrected chi connectivity index (χ3v) is 3.98. The molecule has 1 unspecified atom stereocenters. The molecule has 138 valence electrons. The van der Waals surface area contributed by atoms with Crippen molar-refractivity contribution < 1.29 is 14.3 Å². The van der Waals surface area contributed by atoms with E-state index < -0.39 is 18.0 Å². The van der Waals surface area contributed by atoms with Crippen molar-refractivity contribution in [1.82, 2.24) is 4.98 Å². The quantitative estimate of drug-likeness (QED) is 0.545. The minimum absolute atomic E-state index is 0.425. The van der Waals surface area contributed by atoms with Gasteiger partial charge in [0.2, 0.25) is 0 Å². The second-order valence-electron chi connectivity index (χ2n) is 6.02. The zero-order valence-corrected chi connectivity index (χ0v) is 15.1. The molecule has 0 radical (unpaired) electrons. The fourth-order valence-electron chi connectivity index (χ4n) is 2.60. The van der Waals surface area contributed by atoms with Crippen LogP contribution in [0.15, 0.2) is 66.9 Å². The zero-order chi connectivity index (χ0) is 19.9. The number of fused-ring (bicyclic) bond motifs is 1. The van der Waals surface area contributed by atoms with Gasteiger partial charge < -0.3 is 10.1 Å². The van der Waals surface area contributed by atoms with E-state index in [1.807, 2.05) is 36.4 Å². The number of aromatic nitrogens is 1. The number of nitriles is 1. The average molecular weight is 371 g/mol. The maximum absolute atomic E-state index is 12.2. The highest BCUT2D eigenvalue weighted by Gasteiger charge is 2.16. The van der Waals surface area contributed by atoms with E-state index in [-0.39, 0.29) is 0 Å². The zero-order valence-electron chi connectivity index (χ0n) is 15.1. The van der Waals surface area contributed by atoms with E-state index in [1.54, 1.807) is 36.5 Å². The number of benzene rings is 2. The Morgan fingerprint density at radius 1 is 1.18 bits per heavy atom. The van der Waals surface area contributed by atoms with Gasteiger partial charge in [-0.2, -0.15) is 5.26 Å². The van der Waals surface area contributed by atoms with Crippen molar-refractivity contribution in [3.8, 4) is 6.07 Å². The Balaban J connectivity index is 1.62. The molecule has 0 aliphatic carbocycles. The lowest BCUT2D eigenvalue weighted by atomic mass is 10.1. The van der Waals surface area contributed by atoms with Gasteiger partial charge in [-0.25, -0.2) is 4.79 Å². The van der Waals surface area contributed by atoms with E-state index in [4.69, 9.17) is 10.00 Å². The number of rotatable bonds is 5. The van der Waals surface area contributed by atoms with Gasteiger partial charge in [0, 0.05) is 28.9 Å². The fourth-order valence-corrected chi connectivity index (χ4v) is 2.60. The summed E-state index contributed by atoms with van der Waals surface area (Å²) < 4.78 is 5.15. The third kappa shape index (κ3) is 4.59. The summed E-state index contributed by atoms with van der Waals surface area (Å²) in [5.41, 5.74) is 2.44. The van der Waals surface area contributed by atoms with Crippen LogP contribution in [0.1, 0.15) is 18.1 Å². The van der Waals surface area contributed by atoms with Crippen molar-refractivity contribution in [2.45, 2.75) is 13.0 Å². The van der Waals surface area contributed by atoms with Gasteiger partial charge in [-0.05, 0) is 37.3 Å². The summed E-state index contributed by atoms with van der Waals surface area (Å²) in [6.07, 6.45) is 3.57. The predicted molar refractivity (Wildman–Crippen MR) is 106 cm³/mol. The SMILES string of the molecule is CC(OC(=O)C=Cc1cccc2cccnc12)C(=O)Nc1cccc(C#N)c1. The first kappa shape index (κ1) is 18.8. The number of ether oxygens (including phenoxy) is 1. The molecule has 0 fully saturated rings. The molecule has 28 heavy (non-hydrogen) atoms. The van der Waals surface area contributed by atoms with Crippen molar-refractivity contribution in [3.05, 3.63) is 78.0 Å². The number of amides is 1. The van der Waals surface area contributed by atoms with E-state index in [0.717, 1.165) is 16.5 Å². The lowest BCUT2D eigenvalue weighted by molar-refractivity contribution is -0.148. The van der Waals surface area contributed by atoms with Crippen LogP contribution in [-0.4, -0.2) is 23.0 Å². The molecule has 3 aromatic rings. The van der Waals surface area contributed by atoms with Crippen molar-refractivity contribution in [1.29, 1.82) is 5.26 Å². The van der Waals surface area contributed by atoms with Crippen molar-refractivity contribution in [2.24, 2.45) is 0 Å². The van der Waals surface area contributed by atoms with E-state index >= 15 is 0 Å². The summed E-state index contributed by atoms with van der Waals surface area (Å²) in [5, 5.41) is 12.5. The second kappa shape index (κ2) is 8.60. The summed E-state index contributed by atoms with van der Waals surface area (Å²) in [6.45, 7) is 1.48. The number of pyridine rings is 1. The Labute approximate surface area is 162 Å². The lowest BCUT2D eigenvalue weighted by Crippen LogP contribution is -2.29.